The number of carbonyl (C=O) groups excluding carboxylic acids is 1. The molecule has 0 aliphatic carbocycles. The van der Waals surface area contributed by atoms with E-state index >= 15 is 0 Å². The summed E-state index contributed by atoms with van der Waals surface area (Å²) in [7, 11) is 1.58. The van der Waals surface area contributed by atoms with Crippen LogP contribution in [0.1, 0.15) is 5.56 Å². The zero-order valence-electron chi connectivity index (χ0n) is 10.9. The highest BCUT2D eigenvalue weighted by atomic mass is 19.1. The average molecular weight is 270 g/mol. The number of ether oxygens (including phenoxy) is 2. The SMILES string of the molecule is COCCOCNC(=O)NCCc1cccc(F)c1. The number of urea groups is 1. The Labute approximate surface area is 112 Å². The fourth-order valence-electron chi connectivity index (χ4n) is 1.41. The molecule has 0 aliphatic rings. The first kappa shape index (κ1) is 15.4. The number of rotatable bonds is 8. The molecule has 6 heteroatoms. The second-order valence-electron chi connectivity index (χ2n) is 3.86. The van der Waals surface area contributed by atoms with Gasteiger partial charge in [0.05, 0.1) is 13.2 Å². The summed E-state index contributed by atoms with van der Waals surface area (Å²) in [6.45, 7) is 1.49. The second kappa shape index (κ2) is 9.29. The van der Waals surface area contributed by atoms with E-state index in [1.54, 1.807) is 13.2 Å². The van der Waals surface area contributed by atoms with Gasteiger partial charge in [0.1, 0.15) is 12.5 Å². The van der Waals surface area contributed by atoms with Gasteiger partial charge < -0.3 is 20.1 Å². The fraction of sp³-hybridized carbons (Fsp3) is 0.462. The third kappa shape index (κ3) is 7.38. The van der Waals surface area contributed by atoms with Gasteiger partial charge in [-0.2, -0.15) is 0 Å². The van der Waals surface area contributed by atoms with E-state index in [9.17, 15) is 9.18 Å². The maximum Gasteiger partial charge on any atom is 0.316 e. The summed E-state index contributed by atoms with van der Waals surface area (Å²) in [6, 6.07) is 5.99. The van der Waals surface area contributed by atoms with Gasteiger partial charge in [0.2, 0.25) is 0 Å². The van der Waals surface area contributed by atoms with Crippen LogP contribution in [0.25, 0.3) is 0 Å². The van der Waals surface area contributed by atoms with Crippen LogP contribution < -0.4 is 10.6 Å². The normalized spacial score (nSPS) is 10.2. The van der Waals surface area contributed by atoms with Crippen molar-refractivity contribution in [2.45, 2.75) is 6.42 Å². The summed E-state index contributed by atoms with van der Waals surface area (Å²) in [5.74, 6) is -0.270. The third-order valence-corrected chi connectivity index (χ3v) is 2.35. The first-order chi connectivity index (χ1) is 9.22. The van der Waals surface area contributed by atoms with E-state index in [1.807, 2.05) is 6.07 Å². The van der Waals surface area contributed by atoms with Crippen molar-refractivity contribution in [2.75, 3.05) is 33.6 Å². The molecule has 0 saturated carbocycles. The van der Waals surface area contributed by atoms with Crippen LogP contribution in [-0.2, 0) is 15.9 Å². The minimum Gasteiger partial charge on any atom is -0.382 e. The van der Waals surface area contributed by atoms with E-state index in [2.05, 4.69) is 10.6 Å². The maximum atomic E-state index is 12.9. The van der Waals surface area contributed by atoms with Crippen molar-refractivity contribution in [3.8, 4) is 0 Å². The summed E-state index contributed by atoms with van der Waals surface area (Å²) in [4.78, 5) is 11.3. The Hall–Kier alpha value is -1.66. The number of benzene rings is 1. The molecule has 0 aliphatic heterocycles. The molecule has 0 spiro atoms. The monoisotopic (exact) mass is 270 g/mol. The topological polar surface area (TPSA) is 59.6 Å². The molecule has 2 amide bonds. The maximum absolute atomic E-state index is 12.9. The van der Waals surface area contributed by atoms with Gasteiger partial charge in [-0.05, 0) is 24.1 Å². The number of carbonyl (C=O) groups is 1. The van der Waals surface area contributed by atoms with Crippen LogP contribution in [0, 0.1) is 5.82 Å². The van der Waals surface area contributed by atoms with E-state index in [1.165, 1.54) is 12.1 Å². The molecular formula is C13H19FN2O3. The molecule has 0 unspecified atom stereocenters. The van der Waals surface area contributed by atoms with Gasteiger partial charge in [-0.15, -0.1) is 0 Å². The largest absolute Gasteiger partial charge is 0.382 e. The highest BCUT2D eigenvalue weighted by molar-refractivity contribution is 5.73. The average Bonchev–Trinajstić information content (AvgIpc) is 2.38. The van der Waals surface area contributed by atoms with Crippen molar-refractivity contribution in [3.63, 3.8) is 0 Å². The van der Waals surface area contributed by atoms with Gasteiger partial charge in [-0.25, -0.2) is 9.18 Å². The smallest absolute Gasteiger partial charge is 0.316 e. The van der Waals surface area contributed by atoms with E-state index in [-0.39, 0.29) is 18.6 Å². The molecule has 2 N–H and O–H groups in total. The Kier molecular flexibility index (Phi) is 7.53. The minimum atomic E-state index is -0.311. The molecule has 1 rings (SSSR count). The lowest BCUT2D eigenvalue weighted by Crippen LogP contribution is -2.38. The van der Waals surface area contributed by atoms with Crippen LogP contribution in [0.5, 0.6) is 0 Å². The molecular weight excluding hydrogens is 251 g/mol. The first-order valence-electron chi connectivity index (χ1n) is 6.05. The number of hydrogen-bond donors (Lipinski definition) is 2. The van der Waals surface area contributed by atoms with Gasteiger partial charge in [0.25, 0.3) is 0 Å². The fourth-order valence-corrected chi connectivity index (χ4v) is 1.41. The predicted molar refractivity (Wildman–Crippen MR) is 69.3 cm³/mol. The molecule has 0 aromatic heterocycles. The van der Waals surface area contributed by atoms with Gasteiger partial charge in [0, 0.05) is 13.7 Å². The molecule has 0 heterocycles. The summed E-state index contributed by atoms with van der Waals surface area (Å²) < 4.78 is 22.8. The lowest BCUT2D eigenvalue weighted by Gasteiger charge is -2.08. The van der Waals surface area contributed by atoms with Crippen LogP contribution >= 0.6 is 0 Å². The van der Waals surface area contributed by atoms with Gasteiger partial charge in [-0.3, -0.25) is 0 Å². The number of hydrogen-bond acceptors (Lipinski definition) is 3. The highest BCUT2D eigenvalue weighted by Gasteiger charge is 2.00. The molecule has 0 atom stereocenters. The van der Waals surface area contributed by atoms with Gasteiger partial charge in [0.15, 0.2) is 0 Å². The van der Waals surface area contributed by atoms with Crippen molar-refractivity contribution in [1.29, 1.82) is 0 Å². The Bertz CT molecular complexity index is 388. The standard InChI is InChI=1S/C13H19FN2O3/c1-18-7-8-19-10-16-13(17)15-6-5-11-3-2-4-12(14)9-11/h2-4,9H,5-8,10H2,1H3,(H2,15,16,17). The summed E-state index contributed by atoms with van der Waals surface area (Å²) in [5, 5.41) is 5.20. The Morgan fingerprint density at radius 3 is 2.89 bits per heavy atom. The first-order valence-corrected chi connectivity index (χ1v) is 6.05. The summed E-state index contributed by atoms with van der Waals surface area (Å²) in [5.41, 5.74) is 0.844. The zero-order chi connectivity index (χ0) is 13.9. The van der Waals surface area contributed by atoms with Crippen LogP contribution in [0.4, 0.5) is 9.18 Å². The quantitative estimate of drug-likeness (QED) is 0.553. The zero-order valence-corrected chi connectivity index (χ0v) is 10.9. The number of methoxy groups -OCH3 is 1. The number of nitrogens with one attached hydrogen (secondary N) is 2. The molecule has 0 fully saturated rings. The van der Waals surface area contributed by atoms with Crippen molar-refractivity contribution in [2.24, 2.45) is 0 Å². The summed E-state index contributed by atoms with van der Waals surface area (Å²) >= 11 is 0. The van der Waals surface area contributed by atoms with Gasteiger partial charge >= 0.3 is 6.03 Å². The molecule has 1 aromatic rings. The van der Waals surface area contributed by atoms with E-state index < -0.39 is 0 Å². The van der Waals surface area contributed by atoms with Crippen molar-refractivity contribution >= 4 is 6.03 Å². The lowest BCUT2D eigenvalue weighted by molar-refractivity contribution is 0.0643. The highest BCUT2D eigenvalue weighted by Crippen LogP contribution is 2.03. The summed E-state index contributed by atoms with van der Waals surface area (Å²) in [6.07, 6.45) is 0.579. The minimum absolute atomic E-state index is 0.134. The van der Waals surface area contributed by atoms with E-state index in [0.717, 1.165) is 5.56 Å². The molecule has 106 valence electrons. The van der Waals surface area contributed by atoms with Crippen molar-refractivity contribution in [3.05, 3.63) is 35.6 Å². The van der Waals surface area contributed by atoms with E-state index in [0.29, 0.717) is 26.2 Å². The molecule has 1 aromatic carbocycles. The molecule has 0 radical (unpaired) electrons. The molecule has 0 bridgehead atoms. The number of halogens is 1. The van der Waals surface area contributed by atoms with Crippen LogP contribution in [0.2, 0.25) is 0 Å². The Morgan fingerprint density at radius 1 is 1.32 bits per heavy atom. The van der Waals surface area contributed by atoms with Crippen LogP contribution in [-0.4, -0.2) is 39.6 Å². The number of amides is 2. The van der Waals surface area contributed by atoms with Crippen LogP contribution in [0.3, 0.4) is 0 Å². The van der Waals surface area contributed by atoms with Gasteiger partial charge in [-0.1, -0.05) is 12.1 Å². The lowest BCUT2D eigenvalue weighted by atomic mass is 10.1. The third-order valence-electron chi connectivity index (χ3n) is 2.35. The van der Waals surface area contributed by atoms with E-state index in [4.69, 9.17) is 9.47 Å². The molecule has 0 saturated heterocycles. The second-order valence-corrected chi connectivity index (χ2v) is 3.86. The van der Waals surface area contributed by atoms with Crippen molar-refractivity contribution in [1.82, 2.24) is 10.6 Å². The Morgan fingerprint density at radius 2 is 2.16 bits per heavy atom. The van der Waals surface area contributed by atoms with Crippen molar-refractivity contribution < 1.29 is 18.7 Å². The molecule has 5 nitrogen and oxygen atoms in total. The predicted octanol–water partition coefficient (Wildman–Crippen LogP) is 1.29. The molecule has 19 heavy (non-hydrogen) atoms. The Balaban J connectivity index is 2.07. The van der Waals surface area contributed by atoms with Crippen LogP contribution in [0.15, 0.2) is 24.3 Å².